The lowest BCUT2D eigenvalue weighted by Crippen LogP contribution is -2.06. The first-order valence-electron chi connectivity index (χ1n) is 6.47. The maximum Gasteiger partial charge on any atom is 0.0955 e. The average molecular weight is 245 g/mol. The standard InChI is InChI=1S/C16H23NO/c1-4-5-12-16(18-3)13-9-14-17(2)15-10-7-6-8-11-15/h6-11,13-14H,4-5,12H2,1-3H3/b14-9+,16-13+. The van der Waals surface area contributed by atoms with Crippen molar-refractivity contribution >= 4 is 5.69 Å². The van der Waals surface area contributed by atoms with Crippen LogP contribution in [0.2, 0.25) is 0 Å². The minimum Gasteiger partial charge on any atom is -0.501 e. The van der Waals surface area contributed by atoms with E-state index in [4.69, 9.17) is 4.74 Å². The van der Waals surface area contributed by atoms with Crippen LogP contribution in [0.1, 0.15) is 26.2 Å². The molecule has 0 aliphatic heterocycles. The van der Waals surface area contributed by atoms with Gasteiger partial charge in [0.2, 0.25) is 0 Å². The molecule has 18 heavy (non-hydrogen) atoms. The highest BCUT2D eigenvalue weighted by Crippen LogP contribution is 2.12. The van der Waals surface area contributed by atoms with E-state index in [9.17, 15) is 0 Å². The van der Waals surface area contributed by atoms with Crippen LogP contribution in [0.5, 0.6) is 0 Å². The summed E-state index contributed by atoms with van der Waals surface area (Å²) in [6.45, 7) is 2.19. The SMILES string of the molecule is CCCC/C(=C\C=C\N(C)c1ccccc1)OC. The molecular formula is C16H23NO. The van der Waals surface area contributed by atoms with Gasteiger partial charge in [-0.2, -0.15) is 0 Å². The zero-order valence-electron chi connectivity index (χ0n) is 11.6. The van der Waals surface area contributed by atoms with Gasteiger partial charge < -0.3 is 9.64 Å². The zero-order valence-corrected chi connectivity index (χ0v) is 11.6. The molecule has 0 saturated heterocycles. The van der Waals surface area contributed by atoms with Crippen molar-refractivity contribution in [3.8, 4) is 0 Å². The van der Waals surface area contributed by atoms with E-state index in [-0.39, 0.29) is 0 Å². The third kappa shape index (κ3) is 5.09. The number of allylic oxidation sites excluding steroid dienone is 3. The van der Waals surface area contributed by atoms with E-state index in [1.54, 1.807) is 7.11 Å². The fourth-order valence-electron chi connectivity index (χ4n) is 1.63. The zero-order chi connectivity index (χ0) is 13.2. The Balaban J connectivity index is 2.55. The number of nitrogens with zero attached hydrogens (tertiary/aromatic N) is 1. The molecule has 0 N–H and O–H groups in total. The van der Waals surface area contributed by atoms with Crippen LogP contribution in [-0.2, 0) is 4.74 Å². The van der Waals surface area contributed by atoms with Gasteiger partial charge in [0.25, 0.3) is 0 Å². The lowest BCUT2D eigenvalue weighted by atomic mass is 10.2. The first-order chi connectivity index (χ1) is 8.77. The summed E-state index contributed by atoms with van der Waals surface area (Å²) < 4.78 is 5.33. The van der Waals surface area contributed by atoms with Gasteiger partial charge >= 0.3 is 0 Å². The molecule has 1 aromatic carbocycles. The second kappa shape index (κ2) is 8.40. The first-order valence-corrected chi connectivity index (χ1v) is 6.47. The summed E-state index contributed by atoms with van der Waals surface area (Å²) in [4.78, 5) is 2.09. The van der Waals surface area contributed by atoms with Crippen molar-refractivity contribution in [2.75, 3.05) is 19.1 Å². The number of rotatable bonds is 7. The van der Waals surface area contributed by atoms with Crippen molar-refractivity contribution < 1.29 is 4.74 Å². The van der Waals surface area contributed by atoms with Crippen LogP contribution in [0.3, 0.4) is 0 Å². The summed E-state index contributed by atoms with van der Waals surface area (Å²) >= 11 is 0. The van der Waals surface area contributed by atoms with Gasteiger partial charge in [0.1, 0.15) is 0 Å². The van der Waals surface area contributed by atoms with Crippen molar-refractivity contribution in [1.82, 2.24) is 0 Å². The quantitative estimate of drug-likeness (QED) is 0.523. The largest absolute Gasteiger partial charge is 0.501 e. The lowest BCUT2D eigenvalue weighted by molar-refractivity contribution is 0.275. The lowest BCUT2D eigenvalue weighted by Gasteiger charge is -2.13. The van der Waals surface area contributed by atoms with Crippen molar-refractivity contribution in [2.45, 2.75) is 26.2 Å². The predicted octanol–water partition coefficient (Wildman–Crippen LogP) is 4.36. The first kappa shape index (κ1) is 14.4. The van der Waals surface area contributed by atoms with E-state index in [2.05, 4.69) is 24.0 Å². The van der Waals surface area contributed by atoms with Crippen LogP contribution < -0.4 is 4.90 Å². The number of unbranched alkanes of at least 4 members (excludes halogenated alkanes) is 1. The average Bonchev–Trinajstić information content (AvgIpc) is 2.43. The van der Waals surface area contributed by atoms with E-state index >= 15 is 0 Å². The summed E-state index contributed by atoms with van der Waals surface area (Å²) in [5, 5.41) is 0. The van der Waals surface area contributed by atoms with Gasteiger partial charge in [-0.25, -0.2) is 0 Å². The van der Waals surface area contributed by atoms with Gasteiger partial charge in [-0.1, -0.05) is 31.5 Å². The van der Waals surface area contributed by atoms with E-state index in [0.717, 1.165) is 12.2 Å². The van der Waals surface area contributed by atoms with E-state index in [0.29, 0.717) is 0 Å². The van der Waals surface area contributed by atoms with E-state index < -0.39 is 0 Å². The van der Waals surface area contributed by atoms with Crippen LogP contribution in [0.15, 0.2) is 54.4 Å². The minimum absolute atomic E-state index is 1.01. The van der Waals surface area contributed by atoms with Crippen LogP contribution in [-0.4, -0.2) is 14.2 Å². The molecule has 0 bridgehead atoms. The van der Waals surface area contributed by atoms with Crippen LogP contribution in [0.4, 0.5) is 5.69 Å². The summed E-state index contributed by atoms with van der Waals surface area (Å²) in [7, 11) is 3.77. The molecule has 0 aliphatic rings. The highest BCUT2D eigenvalue weighted by Gasteiger charge is 1.95. The summed E-state index contributed by atoms with van der Waals surface area (Å²) in [5.74, 6) is 1.04. The Hall–Kier alpha value is -1.70. The Bertz CT molecular complexity index is 381. The molecule has 0 aliphatic carbocycles. The Labute approximate surface area is 111 Å². The molecule has 0 heterocycles. The molecule has 0 atom stereocenters. The van der Waals surface area contributed by atoms with Gasteiger partial charge in [-0.15, -0.1) is 0 Å². The number of benzene rings is 1. The van der Waals surface area contributed by atoms with Gasteiger partial charge in [0.15, 0.2) is 0 Å². The molecule has 0 spiro atoms. The minimum atomic E-state index is 1.01. The van der Waals surface area contributed by atoms with E-state index in [1.807, 2.05) is 43.6 Å². The third-order valence-electron chi connectivity index (χ3n) is 2.79. The Morgan fingerprint density at radius 1 is 1.28 bits per heavy atom. The molecule has 2 heteroatoms. The highest BCUT2D eigenvalue weighted by molar-refractivity contribution is 5.48. The molecule has 0 aromatic heterocycles. The molecule has 0 radical (unpaired) electrons. The Morgan fingerprint density at radius 3 is 2.61 bits per heavy atom. The molecule has 2 nitrogen and oxygen atoms in total. The fraction of sp³-hybridized carbons (Fsp3) is 0.375. The molecule has 0 saturated carbocycles. The molecule has 0 unspecified atom stereocenters. The number of hydrogen-bond acceptors (Lipinski definition) is 2. The number of hydrogen-bond donors (Lipinski definition) is 0. The van der Waals surface area contributed by atoms with Crippen molar-refractivity contribution in [3.05, 3.63) is 54.4 Å². The van der Waals surface area contributed by atoms with Gasteiger partial charge in [-0.3, -0.25) is 0 Å². The molecule has 1 aromatic rings. The predicted molar refractivity (Wildman–Crippen MR) is 78.6 cm³/mol. The maximum absolute atomic E-state index is 5.33. The number of methoxy groups -OCH3 is 1. The van der Waals surface area contributed by atoms with Gasteiger partial charge in [0, 0.05) is 25.4 Å². The van der Waals surface area contributed by atoms with Crippen LogP contribution in [0.25, 0.3) is 0 Å². The number of para-hydroxylation sites is 1. The molecular weight excluding hydrogens is 222 g/mol. The van der Waals surface area contributed by atoms with Crippen molar-refractivity contribution in [1.29, 1.82) is 0 Å². The summed E-state index contributed by atoms with van der Waals surface area (Å²) in [6.07, 6.45) is 9.47. The normalized spacial score (nSPS) is 11.8. The molecule has 0 amide bonds. The monoisotopic (exact) mass is 245 g/mol. The topological polar surface area (TPSA) is 12.5 Å². The number of anilines is 1. The Kier molecular flexibility index (Phi) is 6.70. The van der Waals surface area contributed by atoms with Gasteiger partial charge in [0.05, 0.1) is 12.9 Å². The summed E-state index contributed by atoms with van der Waals surface area (Å²) in [6, 6.07) is 10.3. The fourth-order valence-corrected chi connectivity index (χ4v) is 1.63. The summed E-state index contributed by atoms with van der Waals surface area (Å²) in [5.41, 5.74) is 1.18. The maximum atomic E-state index is 5.33. The molecule has 0 fully saturated rings. The van der Waals surface area contributed by atoms with E-state index in [1.165, 1.54) is 18.5 Å². The van der Waals surface area contributed by atoms with Crippen LogP contribution >= 0.6 is 0 Å². The second-order valence-corrected chi connectivity index (χ2v) is 4.23. The van der Waals surface area contributed by atoms with Crippen molar-refractivity contribution in [3.63, 3.8) is 0 Å². The van der Waals surface area contributed by atoms with Crippen molar-refractivity contribution in [2.24, 2.45) is 0 Å². The smallest absolute Gasteiger partial charge is 0.0955 e. The molecule has 98 valence electrons. The third-order valence-corrected chi connectivity index (χ3v) is 2.79. The van der Waals surface area contributed by atoms with Gasteiger partial charge in [-0.05, 0) is 30.7 Å². The Morgan fingerprint density at radius 2 is 2.00 bits per heavy atom. The molecule has 1 rings (SSSR count). The number of ether oxygens (including phenoxy) is 1. The second-order valence-electron chi connectivity index (χ2n) is 4.23. The highest BCUT2D eigenvalue weighted by atomic mass is 16.5. The van der Waals surface area contributed by atoms with Crippen LogP contribution in [0, 0.1) is 0 Å².